The summed E-state index contributed by atoms with van der Waals surface area (Å²) in [7, 11) is 0. The second-order valence-corrected chi connectivity index (χ2v) is 4.72. The number of hydrogen-bond donors (Lipinski definition) is 0. The topological polar surface area (TPSA) is 20.3 Å². The van der Waals surface area contributed by atoms with Crippen LogP contribution in [0.25, 0.3) is 0 Å². The minimum Gasteiger partial charge on any atom is -0.345 e. The molecular formula is C15H23NO. The Kier molecular flexibility index (Phi) is 6.38. The lowest BCUT2D eigenvalue weighted by atomic mass is 9.98. The fraction of sp³-hybridized carbons (Fsp3) is 0.533. The van der Waals surface area contributed by atoms with E-state index in [0.717, 1.165) is 38.8 Å². The molecule has 0 radical (unpaired) electrons. The van der Waals surface area contributed by atoms with Crippen molar-refractivity contribution in [3.05, 3.63) is 35.9 Å². The molecule has 0 heterocycles. The van der Waals surface area contributed by atoms with E-state index in [9.17, 15) is 4.79 Å². The summed E-state index contributed by atoms with van der Waals surface area (Å²) >= 11 is 0. The fourth-order valence-corrected chi connectivity index (χ4v) is 2.01. The van der Waals surface area contributed by atoms with Crippen molar-refractivity contribution < 1.29 is 4.79 Å². The lowest BCUT2D eigenvalue weighted by Gasteiger charge is -2.19. The van der Waals surface area contributed by atoms with E-state index in [1.165, 1.54) is 5.56 Å². The van der Waals surface area contributed by atoms with E-state index in [4.69, 9.17) is 0 Å². The quantitative estimate of drug-likeness (QED) is 0.632. The van der Waals surface area contributed by atoms with Gasteiger partial charge in [0.1, 0.15) is 0 Å². The van der Waals surface area contributed by atoms with Crippen LogP contribution in [0.1, 0.15) is 32.3 Å². The van der Waals surface area contributed by atoms with E-state index in [-0.39, 0.29) is 0 Å². The van der Waals surface area contributed by atoms with Gasteiger partial charge in [-0.3, -0.25) is 4.79 Å². The molecule has 0 saturated heterocycles. The maximum atomic E-state index is 10.8. The molecule has 1 aromatic carbocycles. The first-order valence-corrected chi connectivity index (χ1v) is 6.49. The van der Waals surface area contributed by atoms with Gasteiger partial charge in [-0.25, -0.2) is 0 Å². The van der Waals surface area contributed by atoms with Crippen LogP contribution in [0, 0.1) is 5.92 Å². The van der Waals surface area contributed by atoms with Crippen molar-refractivity contribution in [2.45, 2.75) is 33.1 Å². The van der Waals surface area contributed by atoms with E-state index in [0.29, 0.717) is 5.92 Å². The Labute approximate surface area is 105 Å². The molecule has 0 aliphatic heterocycles. The lowest BCUT2D eigenvalue weighted by Crippen LogP contribution is -2.25. The Balaban J connectivity index is 2.29. The van der Waals surface area contributed by atoms with Crippen molar-refractivity contribution in [3.63, 3.8) is 0 Å². The van der Waals surface area contributed by atoms with E-state index in [2.05, 4.69) is 38.1 Å². The standard InChI is InChI=1S/C15H23NO/c1-3-10-16(13-17)11-9-14(2)12-15-7-5-4-6-8-15/h4-8,13-14H,3,9-12H2,1-2H3. The van der Waals surface area contributed by atoms with E-state index < -0.39 is 0 Å². The van der Waals surface area contributed by atoms with Gasteiger partial charge in [-0.2, -0.15) is 0 Å². The predicted octanol–water partition coefficient (Wildman–Crippen LogP) is 3.12. The van der Waals surface area contributed by atoms with E-state index in [1.807, 2.05) is 11.0 Å². The van der Waals surface area contributed by atoms with Gasteiger partial charge in [0.15, 0.2) is 0 Å². The summed E-state index contributed by atoms with van der Waals surface area (Å²) < 4.78 is 0. The van der Waals surface area contributed by atoms with Crippen molar-refractivity contribution in [1.82, 2.24) is 4.90 Å². The molecular weight excluding hydrogens is 210 g/mol. The van der Waals surface area contributed by atoms with Crippen molar-refractivity contribution in [2.75, 3.05) is 13.1 Å². The predicted molar refractivity (Wildman–Crippen MR) is 71.9 cm³/mol. The average molecular weight is 233 g/mol. The van der Waals surface area contributed by atoms with Crippen molar-refractivity contribution >= 4 is 6.41 Å². The molecule has 0 N–H and O–H groups in total. The largest absolute Gasteiger partial charge is 0.345 e. The number of nitrogens with zero attached hydrogens (tertiary/aromatic N) is 1. The van der Waals surface area contributed by atoms with Crippen LogP contribution in [0.15, 0.2) is 30.3 Å². The smallest absolute Gasteiger partial charge is 0.209 e. The number of rotatable bonds is 8. The van der Waals surface area contributed by atoms with Crippen LogP contribution >= 0.6 is 0 Å². The summed E-state index contributed by atoms with van der Waals surface area (Å²) in [6.45, 7) is 6.11. The Bertz CT molecular complexity index is 310. The third-order valence-electron chi connectivity index (χ3n) is 3.00. The Hall–Kier alpha value is -1.31. The van der Waals surface area contributed by atoms with Gasteiger partial charge in [-0.05, 0) is 30.7 Å². The van der Waals surface area contributed by atoms with Gasteiger partial charge < -0.3 is 4.90 Å². The Morgan fingerprint density at radius 3 is 2.53 bits per heavy atom. The van der Waals surface area contributed by atoms with Gasteiger partial charge in [0.05, 0.1) is 0 Å². The molecule has 0 bridgehead atoms. The van der Waals surface area contributed by atoms with Crippen LogP contribution in [0.5, 0.6) is 0 Å². The van der Waals surface area contributed by atoms with Crippen LogP contribution in [0.2, 0.25) is 0 Å². The zero-order valence-electron chi connectivity index (χ0n) is 10.9. The van der Waals surface area contributed by atoms with Crippen LogP contribution < -0.4 is 0 Å². The second-order valence-electron chi connectivity index (χ2n) is 4.72. The SMILES string of the molecule is CCCN(C=O)CCC(C)Cc1ccccc1. The molecule has 0 aromatic heterocycles. The average Bonchev–Trinajstić information content (AvgIpc) is 2.35. The molecule has 0 saturated carbocycles. The minimum atomic E-state index is 0.622. The van der Waals surface area contributed by atoms with Crippen molar-refractivity contribution in [1.29, 1.82) is 0 Å². The third-order valence-corrected chi connectivity index (χ3v) is 3.00. The highest BCUT2D eigenvalue weighted by Gasteiger charge is 2.06. The summed E-state index contributed by atoms with van der Waals surface area (Å²) in [6, 6.07) is 10.5. The second kappa shape index (κ2) is 7.88. The fourth-order valence-electron chi connectivity index (χ4n) is 2.01. The van der Waals surface area contributed by atoms with Crippen molar-refractivity contribution in [3.8, 4) is 0 Å². The molecule has 1 unspecified atom stereocenters. The van der Waals surface area contributed by atoms with Gasteiger partial charge in [0.25, 0.3) is 0 Å². The molecule has 94 valence electrons. The number of benzene rings is 1. The number of carbonyl (C=O) groups is 1. The molecule has 2 heteroatoms. The summed E-state index contributed by atoms with van der Waals surface area (Å²) in [5.41, 5.74) is 1.38. The summed E-state index contributed by atoms with van der Waals surface area (Å²) in [5, 5.41) is 0. The number of amides is 1. The Morgan fingerprint density at radius 2 is 1.94 bits per heavy atom. The highest BCUT2D eigenvalue weighted by atomic mass is 16.1. The third kappa shape index (κ3) is 5.53. The molecule has 0 spiro atoms. The van der Waals surface area contributed by atoms with Crippen LogP contribution in [-0.2, 0) is 11.2 Å². The van der Waals surface area contributed by atoms with Gasteiger partial charge in [0, 0.05) is 13.1 Å². The summed E-state index contributed by atoms with van der Waals surface area (Å²) in [4.78, 5) is 12.7. The van der Waals surface area contributed by atoms with Crippen LogP contribution in [0.3, 0.4) is 0 Å². The molecule has 0 aliphatic carbocycles. The van der Waals surface area contributed by atoms with Crippen LogP contribution in [-0.4, -0.2) is 24.4 Å². The highest BCUT2D eigenvalue weighted by molar-refractivity contribution is 5.46. The summed E-state index contributed by atoms with van der Waals surface area (Å²) in [6.07, 6.45) is 4.18. The number of hydrogen-bond acceptors (Lipinski definition) is 1. The lowest BCUT2D eigenvalue weighted by molar-refractivity contribution is -0.118. The van der Waals surface area contributed by atoms with Crippen LogP contribution in [0.4, 0.5) is 0 Å². The minimum absolute atomic E-state index is 0.622. The summed E-state index contributed by atoms with van der Waals surface area (Å²) in [5.74, 6) is 0.622. The maximum Gasteiger partial charge on any atom is 0.209 e. The molecule has 1 amide bonds. The van der Waals surface area contributed by atoms with E-state index in [1.54, 1.807) is 0 Å². The van der Waals surface area contributed by atoms with Gasteiger partial charge >= 0.3 is 0 Å². The Morgan fingerprint density at radius 1 is 1.24 bits per heavy atom. The molecule has 2 nitrogen and oxygen atoms in total. The first-order valence-electron chi connectivity index (χ1n) is 6.49. The van der Waals surface area contributed by atoms with Gasteiger partial charge in [-0.1, -0.05) is 44.2 Å². The maximum absolute atomic E-state index is 10.8. The van der Waals surface area contributed by atoms with Gasteiger partial charge in [-0.15, -0.1) is 0 Å². The zero-order valence-corrected chi connectivity index (χ0v) is 10.9. The number of carbonyl (C=O) groups excluding carboxylic acids is 1. The van der Waals surface area contributed by atoms with Gasteiger partial charge in [0.2, 0.25) is 6.41 Å². The molecule has 17 heavy (non-hydrogen) atoms. The molecule has 1 atom stereocenters. The van der Waals surface area contributed by atoms with Crippen molar-refractivity contribution in [2.24, 2.45) is 5.92 Å². The molecule has 1 aromatic rings. The molecule has 0 aliphatic rings. The van der Waals surface area contributed by atoms with E-state index >= 15 is 0 Å². The monoisotopic (exact) mass is 233 g/mol. The highest BCUT2D eigenvalue weighted by Crippen LogP contribution is 2.12. The normalized spacial score (nSPS) is 12.1. The molecule has 0 fully saturated rings. The molecule has 1 rings (SSSR count). The zero-order chi connectivity index (χ0) is 12.5. The first-order chi connectivity index (χ1) is 8.26. The first kappa shape index (κ1) is 13.8.